The molecule has 0 spiro atoms. The van der Waals surface area contributed by atoms with Gasteiger partial charge < -0.3 is 19.9 Å². The Morgan fingerprint density at radius 2 is 1.75 bits per heavy atom. The van der Waals surface area contributed by atoms with E-state index in [1.54, 1.807) is 21.3 Å². The van der Waals surface area contributed by atoms with E-state index in [1.807, 2.05) is 12.1 Å². The molecule has 0 bridgehead atoms. The van der Waals surface area contributed by atoms with Crippen LogP contribution in [0.1, 0.15) is 25.5 Å². The van der Waals surface area contributed by atoms with E-state index in [1.165, 1.54) is 0 Å². The number of benzene rings is 1. The highest BCUT2D eigenvalue weighted by Crippen LogP contribution is 2.40. The minimum atomic E-state index is 0.139. The topological polar surface area (TPSA) is 60.2 Å². The number of rotatable bonds is 7. The molecule has 1 aliphatic rings. The molecule has 1 saturated heterocycles. The van der Waals surface area contributed by atoms with Gasteiger partial charge in [-0.3, -0.25) is 9.80 Å². The maximum absolute atomic E-state index is 6.13. The predicted octanol–water partition coefficient (Wildman–Crippen LogP) is 1.74. The monoisotopic (exact) mass is 337 g/mol. The summed E-state index contributed by atoms with van der Waals surface area (Å²) >= 11 is 0. The largest absolute Gasteiger partial charge is 0.493 e. The lowest BCUT2D eigenvalue weighted by Crippen LogP contribution is -2.53. The molecule has 0 saturated carbocycles. The van der Waals surface area contributed by atoms with Gasteiger partial charge in [-0.05, 0) is 31.2 Å². The summed E-state index contributed by atoms with van der Waals surface area (Å²) < 4.78 is 16.4. The summed E-state index contributed by atoms with van der Waals surface area (Å²) in [7, 11) is 4.90. The Labute approximate surface area is 145 Å². The van der Waals surface area contributed by atoms with Gasteiger partial charge in [0, 0.05) is 38.3 Å². The summed E-state index contributed by atoms with van der Waals surface area (Å²) in [6, 6.07) is 4.69. The minimum Gasteiger partial charge on any atom is -0.493 e. The first-order valence-electron chi connectivity index (χ1n) is 8.57. The first-order valence-corrected chi connectivity index (χ1v) is 8.57. The van der Waals surface area contributed by atoms with Gasteiger partial charge in [0.1, 0.15) is 0 Å². The summed E-state index contributed by atoms with van der Waals surface area (Å²) in [5, 5.41) is 0. The maximum atomic E-state index is 6.13. The molecule has 1 fully saturated rings. The van der Waals surface area contributed by atoms with Gasteiger partial charge in [-0.2, -0.15) is 0 Å². The molecule has 1 aromatic rings. The highest BCUT2D eigenvalue weighted by molar-refractivity contribution is 5.54. The third-order valence-electron chi connectivity index (χ3n) is 4.94. The van der Waals surface area contributed by atoms with Gasteiger partial charge in [-0.1, -0.05) is 6.92 Å². The Hall–Kier alpha value is -1.50. The van der Waals surface area contributed by atoms with Crippen molar-refractivity contribution in [3.63, 3.8) is 0 Å². The zero-order valence-electron chi connectivity index (χ0n) is 15.5. The molecule has 6 nitrogen and oxygen atoms in total. The molecule has 2 N–H and O–H groups in total. The van der Waals surface area contributed by atoms with Crippen molar-refractivity contribution >= 4 is 0 Å². The van der Waals surface area contributed by atoms with Crippen LogP contribution in [0.4, 0.5) is 0 Å². The fourth-order valence-electron chi connectivity index (χ4n) is 3.57. The van der Waals surface area contributed by atoms with E-state index in [9.17, 15) is 0 Å². The van der Waals surface area contributed by atoms with E-state index in [4.69, 9.17) is 19.9 Å². The summed E-state index contributed by atoms with van der Waals surface area (Å²) in [5.41, 5.74) is 7.23. The van der Waals surface area contributed by atoms with Crippen LogP contribution < -0.4 is 19.9 Å². The van der Waals surface area contributed by atoms with Gasteiger partial charge in [0.2, 0.25) is 5.75 Å². The third kappa shape index (κ3) is 3.77. The van der Waals surface area contributed by atoms with Crippen molar-refractivity contribution < 1.29 is 14.2 Å². The summed E-state index contributed by atoms with van der Waals surface area (Å²) in [6.45, 7) is 9.22. The Morgan fingerprint density at radius 3 is 2.17 bits per heavy atom. The van der Waals surface area contributed by atoms with Gasteiger partial charge >= 0.3 is 0 Å². The van der Waals surface area contributed by atoms with Gasteiger partial charge in [0.15, 0.2) is 11.5 Å². The molecule has 0 aromatic heterocycles. The van der Waals surface area contributed by atoms with Crippen molar-refractivity contribution in [3.8, 4) is 17.2 Å². The second kappa shape index (κ2) is 8.55. The normalized spacial score (nSPS) is 20.7. The van der Waals surface area contributed by atoms with Crippen LogP contribution in [0, 0.1) is 0 Å². The van der Waals surface area contributed by atoms with Crippen LogP contribution in [0.15, 0.2) is 12.1 Å². The van der Waals surface area contributed by atoms with Crippen molar-refractivity contribution in [2.75, 3.05) is 54.1 Å². The second-order valence-corrected chi connectivity index (χ2v) is 6.18. The Morgan fingerprint density at radius 1 is 1.12 bits per heavy atom. The number of methoxy groups -OCH3 is 3. The van der Waals surface area contributed by atoms with Crippen molar-refractivity contribution in [3.05, 3.63) is 17.7 Å². The third-order valence-corrected chi connectivity index (χ3v) is 4.94. The first kappa shape index (κ1) is 18.8. The van der Waals surface area contributed by atoms with Gasteiger partial charge in [-0.15, -0.1) is 0 Å². The predicted molar refractivity (Wildman–Crippen MR) is 96.2 cm³/mol. The summed E-state index contributed by atoms with van der Waals surface area (Å²) in [5.74, 6) is 1.96. The number of nitrogens with two attached hydrogens (primary N) is 1. The maximum Gasteiger partial charge on any atom is 0.203 e. The van der Waals surface area contributed by atoms with E-state index in [0.717, 1.165) is 31.7 Å². The Bertz CT molecular complexity index is 513. The van der Waals surface area contributed by atoms with Gasteiger partial charge in [0.25, 0.3) is 0 Å². The lowest BCUT2D eigenvalue weighted by Gasteiger charge is -2.43. The molecule has 2 unspecified atom stereocenters. The standard InChI is InChI=1S/C18H31N3O3/c1-6-20-7-8-21(12-13(20)2)15(11-19)14-9-16(22-3)18(24-5)17(10-14)23-4/h9-10,13,15H,6-8,11-12,19H2,1-5H3. The van der Waals surface area contributed by atoms with Crippen LogP contribution in [0.3, 0.4) is 0 Å². The smallest absolute Gasteiger partial charge is 0.203 e. The van der Waals surface area contributed by atoms with E-state index < -0.39 is 0 Å². The lowest BCUT2D eigenvalue weighted by atomic mass is 10.0. The highest BCUT2D eigenvalue weighted by Gasteiger charge is 2.29. The van der Waals surface area contributed by atoms with E-state index >= 15 is 0 Å². The van der Waals surface area contributed by atoms with Crippen LogP contribution in [-0.2, 0) is 0 Å². The van der Waals surface area contributed by atoms with Gasteiger partial charge in [0.05, 0.1) is 21.3 Å². The van der Waals surface area contributed by atoms with Crippen LogP contribution >= 0.6 is 0 Å². The van der Waals surface area contributed by atoms with Crippen molar-refractivity contribution in [1.82, 2.24) is 9.80 Å². The van der Waals surface area contributed by atoms with E-state index in [-0.39, 0.29) is 6.04 Å². The molecule has 136 valence electrons. The minimum absolute atomic E-state index is 0.139. The van der Waals surface area contributed by atoms with E-state index in [2.05, 4.69) is 23.6 Å². The number of likely N-dealkylation sites (N-methyl/N-ethyl adjacent to an activating group) is 1. The van der Waals surface area contributed by atoms with Crippen LogP contribution in [0.2, 0.25) is 0 Å². The SMILES string of the molecule is CCN1CCN(C(CN)c2cc(OC)c(OC)c(OC)c2)CC1C. The summed E-state index contributed by atoms with van der Waals surface area (Å²) in [6.07, 6.45) is 0. The fraction of sp³-hybridized carbons (Fsp3) is 0.667. The quantitative estimate of drug-likeness (QED) is 0.818. The lowest BCUT2D eigenvalue weighted by molar-refractivity contribution is 0.0605. The Balaban J connectivity index is 2.30. The number of hydrogen-bond acceptors (Lipinski definition) is 6. The molecule has 0 aliphatic carbocycles. The zero-order chi connectivity index (χ0) is 17.7. The molecule has 2 atom stereocenters. The van der Waals surface area contributed by atoms with Crippen molar-refractivity contribution in [1.29, 1.82) is 0 Å². The molecule has 1 heterocycles. The summed E-state index contributed by atoms with van der Waals surface area (Å²) in [4.78, 5) is 4.96. The average Bonchev–Trinajstić information content (AvgIpc) is 2.61. The number of ether oxygens (including phenoxy) is 3. The second-order valence-electron chi connectivity index (χ2n) is 6.18. The fourth-order valence-corrected chi connectivity index (χ4v) is 3.57. The molecule has 0 radical (unpaired) electrons. The zero-order valence-corrected chi connectivity index (χ0v) is 15.5. The van der Waals surface area contributed by atoms with Gasteiger partial charge in [-0.25, -0.2) is 0 Å². The van der Waals surface area contributed by atoms with Crippen LogP contribution in [0.5, 0.6) is 17.2 Å². The van der Waals surface area contributed by atoms with Crippen molar-refractivity contribution in [2.24, 2.45) is 5.73 Å². The van der Waals surface area contributed by atoms with Crippen molar-refractivity contribution in [2.45, 2.75) is 25.9 Å². The number of nitrogens with zero attached hydrogens (tertiary/aromatic N) is 2. The molecule has 24 heavy (non-hydrogen) atoms. The van der Waals surface area contributed by atoms with E-state index in [0.29, 0.717) is 29.8 Å². The molecule has 1 aromatic carbocycles. The molecular formula is C18H31N3O3. The van der Waals surface area contributed by atoms with Crippen LogP contribution in [-0.4, -0.2) is 69.9 Å². The molecular weight excluding hydrogens is 306 g/mol. The molecule has 1 aliphatic heterocycles. The first-order chi connectivity index (χ1) is 11.6. The molecule has 0 amide bonds. The number of hydrogen-bond donors (Lipinski definition) is 1. The van der Waals surface area contributed by atoms with Crippen LogP contribution in [0.25, 0.3) is 0 Å². The Kier molecular flexibility index (Phi) is 6.71. The highest BCUT2D eigenvalue weighted by atomic mass is 16.5. The molecule has 6 heteroatoms. The number of piperazine rings is 1. The average molecular weight is 337 g/mol. The molecule has 2 rings (SSSR count).